The monoisotopic (exact) mass is 366 g/mol. The van der Waals surface area contributed by atoms with E-state index in [0.29, 0.717) is 5.56 Å². The van der Waals surface area contributed by atoms with Crippen LogP contribution >= 0.6 is 0 Å². The molecular formula is C15H21F3N2O3S. The smallest absolute Gasteiger partial charge is 0.341 e. The highest BCUT2D eigenvalue weighted by Crippen LogP contribution is 2.22. The molecule has 0 heterocycles. The number of alkyl halides is 3. The minimum absolute atomic E-state index is 0.00169. The van der Waals surface area contributed by atoms with E-state index in [0.717, 1.165) is 0 Å². The van der Waals surface area contributed by atoms with Crippen molar-refractivity contribution in [3.63, 3.8) is 0 Å². The number of carbonyl (C=O) groups is 1. The molecule has 0 spiro atoms. The maximum Gasteiger partial charge on any atom is 0.471 e. The first-order valence-corrected chi connectivity index (χ1v) is 8.76. The lowest BCUT2D eigenvalue weighted by Crippen LogP contribution is -2.40. The van der Waals surface area contributed by atoms with E-state index < -0.39 is 33.7 Å². The number of hydrogen-bond donors (Lipinski definition) is 2. The third-order valence-corrected chi connectivity index (χ3v) is 4.78. The van der Waals surface area contributed by atoms with Gasteiger partial charge in [0.25, 0.3) is 0 Å². The quantitative estimate of drug-likeness (QED) is 0.841. The highest BCUT2D eigenvalue weighted by molar-refractivity contribution is 7.89. The largest absolute Gasteiger partial charge is 0.471 e. The van der Waals surface area contributed by atoms with Gasteiger partial charge in [-0.3, -0.25) is 4.79 Å². The minimum Gasteiger partial charge on any atom is -0.341 e. The zero-order valence-corrected chi connectivity index (χ0v) is 14.7. The molecule has 1 aromatic rings. The number of amides is 1. The first-order chi connectivity index (χ1) is 10.8. The Labute approximate surface area is 139 Å². The summed E-state index contributed by atoms with van der Waals surface area (Å²) in [5, 5.41) is 1.89. The normalized spacial score (nSPS) is 14.3. The van der Waals surface area contributed by atoms with E-state index in [2.05, 4.69) is 4.72 Å². The lowest BCUT2D eigenvalue weighted by molar-refractivity contribution is -0.174. The van der Waals surface area contributed by atoms with Crippen LogP contribution in [0.1, 0.15) is 45.7 Å². The van der Waals surface area contributed by atoms with Crippen molar-refractivity contribution in [3.8, 4) is 0 Å². The summed E-state index contributed by atoms with van der Waals surface area (Å²) in [7, 11) is -3.73. The molecule has 9 heteroatoms. The molecule has 1 amide bonds. The number of sulfonamides is 1. The van der Waals surface area contributed by atoms with Gasteiger partial charge in [-0.1, -0.05) is 19.1 Å². The molecule has 0 aliphatic heterocycles. The average molecular weight is 366 g/mol. The van der Waals surface area contributed by atoms with Crippen molar-refractivity contribution in [2.75, 3.05) is 0 Å². The Balaban J connectivity index is 2.99. The molecule has 0 saturated heterocycles. The maximum absolute atomic E-state index is 12.3. The zero-order valence-electron chi connectivity index (χ0n) is 13.9. The summed E-state index contributed by atoms with van der Waals surface area (Å²) < 4.78 is 63.9. The van der Waals surface area contributed by atoms with Crippen LogP contribution in [0.3, 0.4) is 0 Å². The summed E-state index contributed by atoms with van der Waals surface area (Å²) in [4.78, 5) is 11.0. The Kier molecular flexibility index (Phi) is 6.05. The second-order valence-electron chi connectivity index (χ2n) is 6.36. The molecule has 24 heavy (non-hydrogen) atoms. The second-order valence-corrected chi connectivity index (χ2v) is 8.04. The molecule has 136 valence electrons. The van der Waals surface area contributed by atoms with Crippen LogP contribution in [0.5, 0.6) is 0 Å². The van der Waals surface area contributed by atoms with Gasteiger partial charge in [0.2, 0.25) is 10.0 Å². The van der Waals surface area contributed by atoms with E-state index >= 15 is 0 Å². The van der Waals surface area contributed by atoms with E-state index in [1.54, 1.807) is 27.7 Å². The van der Waals surface area contributed by atoms with Gasteiger partial charge in [0.05, 0.1) is 10.9 Å². The molecule has 0 aliphatic rings. The Hall–Kier alpha value is -1.61. The Bertz CT molecular complexity index is 677. The van der Waals surface area contributed by atoms with Gasteiger partial charge in [0.15, 0.2) is 0 Å². The van der Waals surface area contributed by atoms with Crippen LogP contribution < -0.4 is 10.0 Å². The van der Waals surface area contributed by atoms with E-state index in [4.69, 9.17) is 0 Å². The van der Waals surface area contributed by atoms with Crippen molar-refractivity contribution in [1.29, 1.82) is 0 Å². The van der Waals surface area contributed by atoms with Gasteiger partial charge in [-0.05, 0) is 44.9 Å². The number of rotatable bonds is 5. The summed E-state index contributed by atoms with van der Waals surface area (Å²) in [6, 6.07) is 4.52. The minimum atomic E-state index is -4.96. The fourth-order valence-electron chi connectivity index (χ4n) is 2.00. The van der Waals surface area contributed by atoms with Crippen LogP contribution in [-0.4, -0.2) is 26.0 Å². The summed E-state index contributed by atoms with van der Waals surface area (Å²) in [5.41, 5.74) is -0.269. The lowest BCUT2D eigenvalue weighted by atomic mass is 10.0. The SMILES string of the molecule is CCC(NC(=O)C(F)(F)F)c1ccc(S(=O)(=O)NC(C)(C)C)cc1. The highest BCUT2D eigenvalue weighted by atomic mass is 32.2. The molecule has 0 aliphatic carbocycles. The summed E-state index contributed by atoms with van der Waals surface area (Å²) in [6.07, 6.45) is -4.73. The van der Waals surface area contributed by atoms with Crippen molar-refractivity contribution < 1.29 is 26.4 Å². The summed E-state index contributed by atoms with van der Waals surface area (Å²) in [5.74, 6) is -2.03. The van der Waals surface area contributed by atoms with Crippen LogP contribution in [-0.2, 0) is 14.8 Å². The molecule has 1 rings (SSSR count). The van der Waals surface area contributed by atoms with Gasteiger partial charge in [-0.2, -0.15) is 13.2 Å². The topological polar surface area (TPSA) is 75.3 Å². The van der Waals surface area contributed by atoms with E-state index in [9.17, 15) is 26.4 Å². The first kappa shape index (κ1) is 20.4. The third kappa shape index (κ3) is 5.79. The highest BCUT2D eigenvalue weighted by Gasteiger charge is 2.39. The van der Waals surface area contributed by atoms with E-state index in [1.807, 2.05) is 5.32 Å². The van der Waals surface area contributed by atoms with E-state index in [-0.39, 0.29) is 11.3 Å². The van der Waals surface area contributed by atoms with Gasteiger partial charge in [-0.25, -0.2) is 13.1 Å². The predicted molar refractivity (Wildman–Crippen MR) is 83.7 cm³/mol. The van der Waals surface area contributed by atoms with Crippen molar-refractivity contribution in [2.45, 2.75) is 56.8 Å². The van der Waals surface area contributed by atoms with Gasteiger partial charge < -0.3 is 5.32 Å². The van der Waals surface area contributed by atoms with Crippen LogP contribution in [0.2, 0.25) is 0 Å². The molecule has 1 unspecified atom stereocenters. The average Bonchev–Trinajstić information content (AvgIpc) is 2.41. The van der Waals surface area contributed by atoms with Crippen LogP contribution in [0.15, 0.2) is 29.2 Å². The van der Waals surface area contributed by atoms with Crippen LogP contribution in [0.4, 0.5) is 13.2 Å². The molecule has 5 nitrogen and oxygen atoms in total. The molecular weight excluding hydrogens is 345 g/mol. The standard InChI is InChI=1S/C15H21F3N2O3S/c1-5-12(19-13(21)15(16,17)18)10-6-8-11(9-7-10)24(22,23)20-14(2,3)4/h6-9,12,20H,5H2,1-4H3,(H,19,21). The van der Waals surface area contributed by atoms with Crippen molar-refractivity contribution >= 4 is 15.9 Å². The Morgan fingerprint density at radius 2 is 1.62 bits per heavy atom. The number of hydrogen-bond acceptors (Lipinski definition) is 3. The third-order valence-electron chi connectivity index (χ3n) is 3.00. The van der Waals surface area contributed by atoms with Crippen molar-refractivity contribution in [1.82, 2.24) is 10.0 Å². The van der Waals surface area contributed by atoms with E-state index in [1.165, 1.54) is 24.3 Å². The Morgan fingerprint density at radius 1 is 1.12 bits per heavy atom. The summed E-state index contributed by atoms with van der Waals surface area (Å²) >= 11 is 0. The molecule has 0 radical (unpaired) electrons. The Morgan fingerprint density at radius 3 is 2.00 bits per heavy atom. The maximum atomic E-state index is 12.3. The van der Waals surface area contributed by atoms with Crippen molar-refractivity contribution in [2.24, 2.45) is 0 Å². The van der Waals surface area contributed by atoms with Gasteiger partial charge in [0, 0.05) is 5.54 Å². The fraction of sp³-hybridized carbons (Fsp3) is 0.533. The number of halogens is 3. The van der Waals surface area contributed by atoms with Gasteiger partial charge >= 0.3 is 12.1 Å². The first-order valence-electron chi connectivity index (χ1n) is 7.28. The predicted octanol–water partition coefficient (Wildman–Crippen LogP) is 2.89. The zero-order chi connectivity index (χ0) is 18.8. The molecule has 0 aromatic heterocycles. The number of benzene rings is 1. The number of nitrogens with one attached hydrogen (secondary N) is 2. The molecule has 0 bridgehead atoms. The van der Waals surface area contributed by atoms with Crippen molar-refractivity contribution in [3.05, 3.63) is 29.8 Å². The second kappa shape index (κ2) is 7.10. The van der Waals surface area contributed by atoms with Gasteiger partial charge in [0.1, 0.15) is 0 Å². The van der Waals surface area contributed by atoms with Gasteiger partial charge in [-0.15, -0.1) is 0 Å². The fourth-order valence-corrected chi connectivity index (χ4v) is 3.42. The molecule has 2 N–H and O–H groups in total. The van der Waals surface area contributed by atoms with Crippen LogP contribution in [0, 0.1) is 0 Å². The molecule has 0 saturated carbocycles. The molecule has 1 atom stereocenters. The molecule has 0 fully saturated rings. The molecule has 1 aromatic carbocycles. The lowest BCUT2D eigenvalue weighted by Gasteiger charge is -2.21. The van der Waals surface area contributed by atoms with Crippen LogP contribution in [0.25, 0.3) is 0 Å². The number of carbonyl (C=O) groups excluding carboxylic acids is 1. The summed E-state index contributed by atoms with van der Waals surface area (Å²) in [6.45, 7) is 6.70.